The van der Waals surface area contributed by atoms with Crippen molar-refractivity contribution >= 4 is 10.8 Å². The van der Waals surface area contributed by atoms with Gasteiger partial charge < -0.3 is 24.8 Å². The summed E-state index contributed by atoms with van der Waals surface area (Å²) >= 11 is 0. The third-order valence-corrected chi connectivity index (χ3v) is 2.95. The minimum Gasteiger partial charge on any atom is -1.00 e. The Kier molecular flexibility index (Phi) is 6.39. The van der Waals surface area contributed by atoms with E-state index in [1.54, 1.807) is 5.56 Å². The van der Waals surface area contributed by atoms with E-state index >= 15 is 0 Å². The van der Waals surface area contributed by atoms with Gasteiger partial charge in [-0.3, -0.25) is 0 Å². The molecule has 0 unspecified atom stereocenters. The standard InChI is InChI=1S/C13H13.2ClH.Hf/c1-9-7-11-3-2-4-12(10-5-6-10)13(11)8-9;;;/h2-4,7-8,10H,5-6H2,1H3;2*1H;/q-1;;;/p-2. The molecule has 0 amide bonds. The van der Waals surface area contributed by atoms with E-state index < -0.39 is 0 Å². The van der Waals surface area contributed by atoms with Gasteiger partial charge in [0.05, 0.1) is 0 Å². The van der Waals surface area contributed by atoms with Crippen LogP contribution in [-0.2, 0) is 25.8 Å². The number of halogens is 2. The van der Waals surface area contributed by atoms with Crippen molar-refractivity contribution in [1.82, 2.24) is 0 Å². The Labute approximate surface area is 128 Å². The van der Waals surface area contributed by atoms with Crippen LogP contribution in [0.15, 0.2) is 30.3 Å². The van der Waals surface area contributed by atoms with E-state index in [-0.39, 0.29) is 50.7 Å². The molecular weight excluding hydrogens is 406 g/mol. The van der Waals surface area contributed by atoms with Gasteiger partial charge in [0.1, 0.15) is 0 Å². The Morgan fingerprint density at radius 1 is 1.19 bits per heavy atom. The van der Waals surface area contributed by atoms with Crippen molar-refractivity contribution in [2.45, 2.75) is 25.7 Å². The first kappa shape index (κ1) is 16.3. The maximum absolute atomic E-state index is 2.32. The summed E-state index contributed by atoms with van der Waals surface area (Å²) in [7, 11) is 0. The van der Waals surface area contributed by atoms with Crippen molar-refractivity contribution in [3.05, 3.63) is 41.5 Å². The number of hydrogen-bond donors (Lipinski definition) is 0. The Bertz CT molecular complexity index is 458. The fraction of sp³-hybridized carbons (Fsp3) is 0.308. The predicted molar refractivity (Wildman–Crippen MR) is 56.3 cm³/mol. The Hall–Kier alpha value is 0.280. The molecule has 0 atom stereocenters. The van der Waals surface area contributed by atoms with E-state index in [0.717, 1.165) is 5.92 Å². The third kappa shape index (κ3) is 2.94. The molecule has 0 nitrogen and oxygen atoms in total. The van der Waals surface area contributed by atoms with Crippen molar-refractivity contribution < 1.29 is 50.7 Å². The molecular formula is C13H13Cl2Hf-3. The molecule has 0 aromatic heterocycles. The van der Waals surface area contributed by atoms with Gasteiger partial charge in [0.15, 0.2) is 0 Å². The largest absolute Gasteiger partial charge is 1.00 e. The molecule has 0 heterocycles. The first-order chi connectivity index (χ1) is 6.34. The van der Waals surface area contributed by atoms with Crippen LogP contribution in [0, 0.1) is 6.92 Å². The molecule has 0 aliphatic heterocycles. The zero-order chi connectivity index (χ0) is 8.84. The van der Waals surface area contributed by atoms with Crippen LogP contribution < -0.4 is 24.8 Å². The fourth-order valence-corrected chi connectivity index (χ4v) is 2.16. The van der Waals surface area contributed by atoms with Gasteiger partial charge in [0.2, 0.25) is 0 Å². The summed E-state index contributed by atoms with van der Waals surface area (Å²) in [6.45, 7) is 2.18. The smallest absolute Gasteiger partial charge is 0 e. The number of hydrogen-bond acceptors (Lipinski definition) is 0. The fourth-order valence-electron chi connectivity index (χ4n) is 2.16. The molecule has 3 rings (SSSR count). The Balaban J connectivity index is 0.000000750. The molecule has 1 saturated carbocycles. The molecule has 3 heteroatoms. The monoisotopic (exact) mass is 419 g/mol. The molecule has 1 aliphatic carbocycles. The molecule has 2 aromatic rings. The summed E-state index contributed by atoms with van der Waals surface area (Å²) in [5.41, 5.74) is 2.97. The average molecular weight is 419 g/mol. The molecule has 0 N–H and O–H groups in total. The van der Waals surface area contributed by atoms with Crippen LogP contribution in [0.25, 0.3) is 10.8 Å². The van der Waals surface area contributed by atoms with Gasteiger partial charge in [0, 0.05) is 25.8 Å². The third-order valence-electron chi connectivity index (χ3n) is 2.95. The quantitative estimate of drug-likeness (QED) is 0.363. The second-order valence-corrected chi connectivity index (χ2v) is 4.16. The van der Waals surface area contributed by atoms with Crippen molar-refractivity contribution in [2.75, 3.05) is 0 Å². The minimum atomic E-state index is 0. The van der Waals surface area contributed by atoms with Crippen LogP contribution in [0.1, 0.15) is 29.9 Å². The molecule has 0 spiro atoms. The first-order valence-electron chi connectivity index (χ1n) is 5.00. The second kappa shape index (κ2) is 6.28. The summed E-state index contributed by atoms with van der Waals surface area (Å²) in [5.74, 6) is 0.866. The molecule has 16 heavy (non-hydrogen) atoms. The second-order valence-electron chi connectivity index (χ2n) is 4.16. The summed E-state index contributed by atoms with van der Waals surface area (Å²) in [5, 5.41) is 2.91. The predicted octanol–water partition coefficient (Wildman–Crippen LogP) is -2.25. The Morgan fingerprint density at radius 2 is 1.88 bits per heavy atom. The van der Waals surface area contributed by atoms with Gasteiger partial charge in [-0.2, -0.15) is 6.07 Å². The number of aryl methyl sites for hydroxylation is 1. The molecule has 0 saturated heterocycles. The maximum Gasteiger partial charge on any atom is 0 e. The summed E-state index contributed by atoms with van der Waals surface area (Å²) in [6, 6.07) is 11.3. The zero-order valence-electron chi connectivity index (χ0n) is 9.13. The molecule has 86 valence electrons. The normalized spacial score (nSPS) is 13.6. The molecule has 1 aliphatic rings. The van der Waals surface area contributed by atoms with Crippen LogP contribution in [0.4, 0.5) is 0 Å². The van der Waals surface area contributed by atoms with E-state index in [1.165, 1.54) is 29.2 Å². The van der Waals surface area contributed by atoms with Crippen LogP contribution in [0.3, 0.4) is 0 Å². The van der Waals surface area contributed by atoms with Gasteiger partial charge in [0.25, 0.3) is 0 Å². The summed E-state index contributed by atoms with van der Waals surface area (Å²) in [6.07, 6.45) is 2.78. The zero-order valence-corrected chi connectivity index (χ0v) is 14.2. The average Bonchev–Trinajstić information content (AvgIpc) is 2.86. The molecule has 0 radical (unpaired) electrons. The van der Waals surface area contributed by atoms with Crippen molar-refractivity contribution in [3.63, 3.8) is 0 Å². The molecule has 0 bridgehead atoms. The van der Waals surface area contributed by atoms with Crippen LogP contribution in [0.5, 0.6) is 0 Å². The topological polar surface area (TPSA) is 0 Å². The minimum absolute atomic E-state index is 0. The van der Waals surface area contributed by atoms with E-state index in [4.69, 9.17) is 0 Å². The maximum atomic E-state index is 2.32. The van der Waals surface area contributed by atoms with Crippen LogP contribution in [0.2, 0.25) is 0 Å². The van der Waals surface area contributed by atoms with Gasteiger partial charge in [-0.25, -0.2) is 0 Å². The Morgan fingerprint density at radius 3 is 2.50 bits per heavy atom. The van der Waals surface area contributed by atoms with Crippen LogP contribution >= 0.6 is 0 Å². The molecule has 2 aromatic carbocycles. The van der Waals surface area contributed by atoms with E-state index in [2.05, 4.69) is 37.3 Å². The van der Waals surface area contributed by atoms with Crippen molar-refractivity contribution in [1.29, 1.82) is 0 Å². The number of fused-ring (bicyclic) bond motifs is 1. The van der Waals surface area contributed by atoms with Gasteiger partial charge in [-0.15, -0.1) is 34.5 Å². The van der Waals surface area contributed by atoms with Gasteiger partial charge >= 0.3 is 0 Å². The number of rotatable bonds is 1. The van der Waals surface area contributed by atoms with Gasteiger partial charge in [-0.1, -0.05) is 18.6 Å². The number of benzene rings is 1. The van der Waals surface area contributed by atoms with Crippen molar-refractivity contribution in [3.8, 4) is 0 Å². The van der Waals surface area contributed by atoms with Crippen molar-refractivity contribution in [2.24, 2.45) is 0 Å². The molecule has 1 fully saturated rings. The van der Waals surface area contributed by atoms with Crippen LogP contribution in [-0.4, -0.2) is 0 Å². The first-order valence-corrected chi connectivity index (χ1v) is 5.00. The summed E-state index contributed by atoms with van der Waals surface area (Å²) < 4.78 is 0. The van der Waals surface area contributed by atoms with Gasteiger partial charge in [-0.05, 0) is 18.8 Å². The van der Waals surface area contributed by atoms with E-state index in [9.17, 15) is 0 Å². The van der Waals surface area contributed by atoms with E-state index in [1.807, 2.05) is 0 Å². The SMILES string of the molecule is Cc1cc2c(C3CC3)cccc2[cH-]1.[Cl-].[Cl-].[Hf]. The van der Waals surface area contributed by atoms with E-state index in [0.29, 0.717) is 0 Å². The summed E-state index contributed by atoms with van der Waals surface area (Å²) in [4.78, 5) is 0.